The third-order valence-electron chi connectivity index (χ3n) is 1.49. The van der Waals surface area contributed by atoms with Gasteiger partial charge in [0.05, 0.1) is 11.4 Å². The Morgan fingerprint density at radius 3 is 2.92 bits per heavy atom. The molecule has 0 aliphatic carbocycles. The largest absolute Gasteiger partial charge is 0.465 e. The number of hydrogen-bond donors (Lipinski definition) is 2. The number of aryl methyl sites for hydroxylation is 2. The van der Waals surface area contributed by atoms with Crippen LogP contribution in [0.2, 0.25) is 0 Å². The van der Waals surface area contributed by atoms with Gasteiger partial charge in [0.15, 0.2) is 0 Å². The van der Waals surface area contributed by atoms with Crippen molar-refractivity contribution in [1.82, 2.24) is 4.37 Å². The first kappa shape index (κ1) is 8.99. The number of rotatable bonds is 2. The first-order valence-electron chi connectivity index (χ1n) is 3.60. The van der Waals surface area contributed by atoms with Crippen LogP contribution in [-0.2, 0) is 6.42 Å². The van der Waals surface area contributed by atoms with Crippen molar-refractivity contribution < 1.29 is 9.90 Å². The van der Waals surface area contributed by atoms with Gasteiger partial charge in [0.2, 0.25) is 0 Å². The number of nitrogens with zero attached hydrogens (tertiary/aromatic N) is 1. The van der Waals surface area contributed by atoms with E-state index >= 15 is 0 Å². The van der Waals surface area contributed by atoms with Gasteiger partial charge in [-0.05, 0) is 24.9 Å². The van der Waals surface area contributed by atoms with Gasteiger partial charge in [0.25, 0.3) is 0 Å². The van der Waals surface area contributed by atoms with Crippen LogP contribution in [0.1, 0.15) is 17.5 Å². The molecule has 0 saturated carbocycles. The van der Waals surface area contributed by atoms with Crippen molar-refractivity contribution in [2.75, 3.05) is 5.32 Å². The summed E-state index contributed by atoms with van der Waals surface area (Å²) in [6.45, 7) is 3.76. The van der Waals surface area contributed by atoms with E-state index in [0.29, 0.717) is 5.69 Å². The highest BCUT2D eigenvalue weighted by atomic mass is 32.1. The smallest absolute Gasteiger partial charge is 0.409 e. The molecule has 4 nitrogen and oxygen atoms in total. The first-order chi connectivity index (χ1) is 5.65. The Balaban J connectivity index is 2.94. The number of anilines is 1. The van der Waals surface area contributed by atoms with Crippen LogP contribution in [0.15, 0.2) is 0 Å². The van der Waals surface area contributed by atoms with Crippen LogP contribution in [0.5, 0.6) is 0 Å². The zero-order valence-corrected chi connectivity index (χ0v) is 7.73. The number of nitrogens with one attached hydrogen (secondary N) is 1. The summed E-state index contributed by atoms with van der Waals surface area (Å²) in [4.78, 5) is 11.3. The van der Waals surface area contributed by atoms with Gasteiger partial charge in [-0.2, -0.15) is 4.37 Å². The van der Waals surface area contributed by atoms with E-state index in [2.05, 4.69) is 9.69 Å². The fourth-order valence-electron chi connectivity index (χ4n) is 0.925. The lowest BCUT2D eigenvalue weighted by atomic mass is 10.3. The van der Waals surface area contributed by atoms with Crippen molar-refractivity contribution in [3.8, 4) is 0 Å². The van der Waals surface area contributed by atoms with E-state index in [9.17, 15) is 4.79 Å². The van der Waals surface area contributed by atoms with Crippen LogP contribution < -0.4 is 5.32 Å². The number of aromatic nitrogens is 1. The minimum Gasteiger partial charge on any atom is -0.465 e. The molecule has 1 aromatic heterocycles. The molecule has 0 aliphatic rings. The molecule has 1 heterocycles. The average molecular weight is 186 g/mol. The zero-order valence-electron chi connectivity index (χ0n) is 6.92. The monoisotopic (exact) mass is 186 g/mol. The topological polar surface area (TPSA) is 62.2 Å². The molecule has 2 N–H and O–H groups in total. The molecule has 1 rings (SSSR count). The summed E-state index contributed by atoms with van der Waals surface area (Å²) in [6, 6.07) is 0. The molecule has 0 atom stereocenters. The molecule has 0 bridgehead atoms. The maximum atomic E-state index is 10.4. The molecular formula is C7H10N2O2S. The van der Waals surface area contributed by atoms with Crippen molar-refractivity contribution in [3.63, 3.8) is 0 Å². The number of carbonyl (C=O) groups is 1. The van der Waals surface area contributed by atoms with E-state index in [1.807, 2.05) is 6.92 Å². The van der Waals surface area contributed by atoms with Gasteiger partial charge in [0.1, 0.15) is 0 Å². The van der Waals surface area contributed by atoms with Gasteiger partial charge < -0.3 is 5.11 Å². The average Bonchev–Trinajstić information content (AvgIpc) is 2.32. The Bertz CT molecular complexity index is 296. The van der Waals surface area contributed by atoms with Crippen molar-refractivity contribution in [1.29, 1.82) is 0 Å². The minimum atomic E-state index is -1.03. The molecule has 1 amide bonds. The highest BCUT2D eigenvalue weighted by Crippen LogP contribution is 2.24. The van der Waals surface area contributed by atoms with Gasteiger partial charge in [-0.3, -0.25) is 5.32 Å². The summed E-state index contributed by atoms with van der Waals surface area (Å²) < 4.78 is 4.06. The summed E-state index contributed by atoms with van der Waals surface area (Å²) in [5.41, 5.74) is 1.40. The Labute approximate surface area is 74.4 Å². The van der Waals surface area contributed by atoms with Gasteiger partial charge in [-0.1, -0.05) is 6.92 Å². The summed E-state index contributed by atoms with van der Waals surface area (Å²) in [5, 5.41) is 10.8. The Morgan fingerprint density at radius 1 is 1.75 bits per heavy atom. The fourth-order valence-corrected chi connectivity index (χ4v) is 1.68. The van der Waals surface area contributed by atoms with Crippen LogP contribution in [0.4, 0.5) is 10.5 Å². The molecule has 1 aromatic rings. The maximum absolute atomic E-state index is 10.4. The predicted molar refractivity (Wildman–Crippen MR) is 47.9 cm³/mol. The second kappa shape index (κ2) is 3.53. The molecule has 0 saturated heterocycles. The molecule has 0 fully saturated rings. The lowest BCUT2D eigenvalue weighted by Gasteiger charge is -2.00. The van der Waals surface area contributed by atoms with Gasteiger partial charge in [-0.15, -0.1) is 0 Å². The molecule has 12 heavy (non-hydrogen) atoms. The molecule has 0 unspecified atom stereocenters. The zero-order chi connectivity index (χ0) is 9.14. The van der Waals surface area contributed by atoms with Crippen LogP contribution >= 0.6 is 11.5 Å². The fraction of sp³-hybridized carbons (Fsp3) is 0.429. The normalized spacial score (nSPS) is 9.83. The lowest BCUT2D eigenvalue weighted by molar-refractivity contribution is 0.209. The summed E-state index contributed by atoms with van der Waals surface area (Å²) >= 11 is 1.34. The van der Waals surface area contributed by atoms with E-state index in [0.717, 1.165) is 17.0 Å². The van der Waals surface area contributed by atoms with Crippen LogP contribution in [0.25, 0.3) is 0 Å². The van der Waals surface area contributed by atoms with Crippen LogP contribution in [0, 0.1) is 6.92 Å². The van der Waals surface area contributed by atoms with Gasteiger partial charge in [-0.25, -0.2) is 4.79 Å². The van der Waals surface area contributed by atoms with Crippen LogP contribution in [0.3, 0.4) is 0 Å². The third kappa shape index (κ3) is 1.73. The van der Waals surface area contributed by atoms with E-state index < -0.39 is 6.09 Å². The number of hydrogen-bond acceptors (Lipinski definition) is 3. The predicted octanol–water partition coefficient (Wildman–Crippen LogP) is 2.10. The van der Waals surface area contributed by atoms with Crippen molar-refractivity contribution in [2.45, 2.75) is 20.3 Å². The lowest BCUT2D eigenvalue weighted by Crippen LogP contribution is -2.08. The first-order valence-corrected chi connectivity index (χ1v) is 4.37. The van der Waals surface area contributed by atoms with E-state index in [4.69, 9.17) is 5.11 Å². The standard InChI is InChI=1S/C7H10N2O2S/c1-3-5-6(8-7(10)11)4(2)9-12-5/h8H,3H2,1-2H3,(H,10,11). The highest BCUT2D eigenvalue weighted by molar-refractivity contribution is 7.06. The van der Waals surface area contributed by atoms with Crippen molar-refractivity contribution in [3.05, 3.63) is 10.6 Å². The Morgan fingerprint density at radius 2 is 2.42 bits per heavy atom. The summed E-state index contributed by atoms with van der Waals surface area (Å²) in [6.07, 6.45) is -0.228. The van der Waals surface area contributed by atoms with Crippen molar-refractivity contribution in [2.24, 2.45) is 0 Å². The molecule has 0 aliphatic heterocycles. The molecule has 5 heteroatoms. The maximum Gasteiger partial charge on any atom is 0.409 e. The SMILES string of the molecule is CCc1snc(C)c1NC(=O)O. The molecule has 0 radical (unpaired) electrons. The second-order valence-electron chi connectivity index (χ2n) is 2.35. The quantitative estimate of drug-likeness (QED) is 0.743. The Hall–Kier alpha value is -1.10. The van der Waals surface area contributed by atoms with E-state index in [1.165, 1.54) is 11.5 Å². The van der Waals surface area contributed by atoms with Crippen molar-refractivity contribution >= 4 is 23.3 Å². The minimum absolute atomic E-state index is 0.648. The number of amides is 1. The highest BCUT2D eigenvalue weighted by Gasteiger charge is 2.10. The number of carboxylic acid groups (broad SMARTS) is 1. The molecular weight excluding hydrogens is 176 g/mol. The summed E-state index contributed by atoms with van der Waals surface area (Å²) in [5.74, 6) is 0. The van der Waals surface area contributed by atoms with E-state index in [1.54, 1.807) is 6.92 Å². The van der Waals surface area contributed by atoms with Crippen LogP contribution in [-0.4, -0.2) is 15.6 Å². The third-order valence-corrected chi connectivity index (χ3v) is 2.56. The van der Waals surface area contributed by atoms with Gasteiger partial charge >= 0.3 is 6.09 Å². The molecule has 0 aromatic carbocycles. The second-order valence-corrected chi connectivity index (χ2v) is 3.21. The molecule has 0 spiro atoms. The molecule has 66 valence electrons. The van der Waals surface area contributed by atoms with E-state index in [-0.39, 0.29) is 0 Å². The Kier molecular flexibility index (Phi) is 2.65. The summed E-state index contributed by atoms with van der Waals surface area (Å²) in [7, 11) is 0. The van der Waals surface area contributed by atoms with Gasteiger partial charge in [0, 0.05) is 4.88 Å².